The number of benzene rings is 2. The van der Waals surface area contributed by atoms with Gasteiger partial charge in [-0.05, 0) is 31.9 Å². The number of ether oxygens (including phenoxy) is 1. The number of anilines is 2. The molecule has 1 saturated heterocycles. The standard InChI is InChI=1S/C27H31N5O2/c1-18(2)32-17-22-24(26(32)33)29-27(31-13-15-34-16-14-31)30-25(22)28-23(20-7-5-4-6-8-20)21-11-9-19(3)10-12-21/h4-12,17-18,23,33H,13-16H2,1-3H3,(H,28,29,30). The summed E-state index contributed by atoms with van der Waals surface area (Å²) in [7, 11) is 0. The summed E-state index contributed by atoms with van der Waals surface area (Å²) in [5, 5.41) is 15.5. The molecule has 0 aliphatic carbocycles. The summed E-state index contributed by atoms with van der Waals surface area (Å²) in [6.07, 6.45) is 1.94. The van der Waals surface area contributed by atoms with Gasteiger partial charge >= 0.3 is 0 Å². The molecule has 1 fully saturated rings. The monoisotopic (exact) mass is 457 g/mol. The Kier molecular flexibility index (Phi) is 6.11. The molecule has 5 rings (SSSR count). The summed E-state index contributed by atoms with van der Waals surface area (Å²) >= 11 is 0. The molecule has 3 heterocycles. The van der Waals surface area contributed by atoms with Gasteiger partial charge in [-0.15, -0.1) is 0 Å². The first-order valence-corrected chi connectivity index (χ1v) is 11.8. The molecule has 0 bridgehead atoms. The van der Waals surface area contributed by atoms with Gasteiger partial charge in [-0.2, -0.15) is 4.98 Å². The fourth-order valence-corrected chi connectivity index (χ4v) is 4.38. The first kappa shape index (κ1) is 22.2. The van der Waals surface area contributed by atoms with E-state index in [4.69, 9.17) is 14.7 Å². The number of aromatic hydroxyl groups is 1. The summed E-state index contributed by atoms with van der Waals surface area (Å²) in [5.74, 6) is 1.47. The van der Waals surface area contributed by atoms with Crippen molar-refractivity contribution < 1.29 is 9.84 Å². The van der Waals surface area contributed by atoms with Crippen LogP contribution < -0.4 is 10.2 Å². The lowest BCUT2D eigenvalue weighted by Gasteiger charge is -2.28. The van der Waals surface area contributed by atoms with E-state index >= 15 is 0 Å². The van der Waals surface area contributed by atoms with Crippen LogP contribution in [-0.4, -0.2) is 45.9 Å². The van der Waals surface area contributed by atoms with E-state index in [-0.39, 0.29) is 18.0 Å². The van der Waals surface area contributed by atoms with Gasteiger partial charge in [0.2, 0.25) is 11.8 Å². The molecular weight excluding hydrogens is 426 g/mol. The summed E-state index contributed by atoms with van der Waals surface area (Å²) in [4.78, 5) is 11.9. The highest BCUT2D eigenvalue weighted by molar-refractivity contribution is 5.94. The van der Waals surface area contributed by atoms with Gasteiger partial charge < -0.3 is 24.6 Å². The van der Waals surface area contributed by atoms with Crippen LogP contribution in [0.1, 0.15) is 42.6 Å². The van der Waals surface area contributed by atoms with E-state index in [2.05, 4.69) is 53.5 Å². The highest BCUT2D eigenvalue weighted by atomic mass is 16.5. The molecule has 34 heavy (non-hydrogen) atoms. The van der Waals surface area contributed by atoms with Crippen molar-refractivity contribution in [1.29, 1.82) is 0 Å². The van der Waals surface area contributed by atoms with E-state index in [1.54, 1.807) is 0 Å². The molecule has 176 valence electrons. The van der Waals surface area contributed by atoms with Crippen LogP contribution in [-0.2, 0) is 4.74 Å². The molecule has 1 atom stereocenters. The van der Waals surface area contributed by atoms with Crippen LogP contribution in [0.2, 0.25) is 0 Å². The van der Waals surface area contributed by atoms with Crippen molar-refractivity contribution in [2.75, 3.05) is 36.5 Å². The molecule has 0 spiro atoms. The second-order valence-electron chi connectivity index (χ2n) is 9.09. The molecule has 7 heteroatoms. The number of aromatic nitrogens is 3. The zero-order valence-corrected chi connectivity index (χ0v) is 19.9. The van der Waals surface area contributed by atoms with Crippen LogP contribution >= 0.6 is 0 Å². The molecular formula is C27H31N5O2. The second kappa shape index (κ2) is 9.35. The quantitative estimate of drug-likeness (QED) is 0.421. The number of morpholine rings is 1. The summed E-state index contributed by atoms with van der Waals surface area (Å²) in [6, 6.07) is 18.9. The van der Waals surface area contributed by atoms with Crippen molar-refractivity contribution in [3.8, 4) is 5.88 Å². The van der Waals surface area contributed by atoms with Crippen molar-refractivity contribution in [3.05, 3.63) is 77.5 Å². The first-order chi connectivity index (χ1) is 16.5. The highest BCUT2D eigenvalue weighted by Gasteiger charge is 2.24. The van der Waals surface area contributed by atoms with Crippen LogP contribution in [0.15, 0.2) is 60.8 Å². The Labute approximate surface area is 200 Å². The van der Waals surface area contributed by atoms with Gasteiger partial charge in [-0.25, -0.2) is 4.98 Å². The highest BCUT2D eigenvalue weighted by Crippen LogP contribution is 2.36. The van der Waals surface area contributed by atoms with Crippen LogP contribution in [0.4, 0.5) is 11.8 Å². The molecule has 1 aliphatic rings. The molecule has 4 aromatic rings. The molecule has 2 aromatic carbocycles. The lowest BCUT2D eigenvalue weighted by atomic mass is 9.97. The molecule has 0 saturated carbocycles. The van der Waals surface area contributed by atoms with E-state index in [1.807, 2.05) is 42.8 Å². The summed E-state index contributed by atoms with van der Waals surface area (Å²) in [5.41, 5.74) is 4.06. The van der Waals surface area contributed by atoms with Crippen LogP contribution in [0.5, 0.6) is 5.88 Å². The van der Waals surface area contributed by atoms with Crippen LogP contribution in [0.25, 0.3) is 10.9 Å². The van der Waals surface area contributed by atoms with Crippen molar-refractivity contribution in [2.45, 2.75) is 32.9 Å². The van der Waals surface area contributed by atoms with Gasteiger partial charge in [0.1, 0.15) is 11.3 Å². The normalized spacial score (nSPS) is 15.1. The molecule has 0 radical (unpaired) electrons. The van der Waals surface area contributed by atoms with E-state index in [9.17, 15) is 5.11 Å². The summed E-state index contributed by atoms with van der Waals surface area (Å²) in [6.45, 7) is 8.89. The number of nitrogens with zero attached hydrogens (tertiary/aromatic N) is 4. The number of nitrogens with one attached hydrogen (secondary N) is 1. The maximum Gasteiger partial charge on any atom is 0.228 e. The Morgan fingerprint density at radius 1 is 0.941 bits per heavy atom. The van der Waals surface area contributed by atoms with Gasteiger partial charge in [0.05, 0.1) is 24.6 Å². The zero-order valence-electron chi connectivity index (χ0n) is 19.9. The maximum atomic E-state index is 11.0. The lowest BCUT2D eigenvalue weighted by molar-refractivity contribution is 0.122. The van der Waals surface area contributed by atoms with E-state index in [1.165, 1.54) is 5.56 Å². The topological polar surface area (TPSA) is 75.4 Å². The minimum absolute atomic E-state index is 0.0934. The summed E-state index contributed by atoms with van der Waals surface area (Å²) < 4.78 is 7.37. The van der Waals surface area contributed by atoms with Crippen LogP contribution in [0.3, 0.4) is 0 Å². The van der Waals surface area contributed by atoms with Crippen molar-refractivity contribution in [2.24, 2.45) is 0 Å². The largest absolute Gasteiger partial charge is 0.493 e. The van der Waals surface area contributed by atoms with Gasteiger partial charge in [0.25, 0.3) is 0 Å². The number of fused-ring (bicyclic) bond motifs is 1. The van der Waals surface area contributed by atoms with Gasteiger partial charge in [-0.3, -0.25) is 0 Å². The van der Waals surface area contributed by atoms with Crippen molar-refractivity contribution >= 4 is 22.7 Å². The third kappa shape index (κ3) is 4.31. The van der Waals surface area contributed by atoms with Crippen molar-refractivity contribution in [1.82, 2.24) is 14.5 Å². The van der Waals surface area contributed by atoms with Crippen molar-refractivity contribution in [3.63, 3.8) is 0 Å². The Morgan fingerprint density at radius 3 is 2.29 bits per heavy atom. The van der Waals surface area contributed by atoms with Gasteiger partial charge in [0, 0.05) is 25.3 Å². The molecule has 2 N–H and O–H groups in total. The fraction of sp³-hybridized carbons (Fsp3) is 0.333. The van der Waals surface area contributed by atoms with E-state index in [0.717, 1.165) is 29.6 Å². The van der Waals surface area contributed by atoms with E-state index < -0.39 is 0 Å². The Balaban J connectivity index is 1.65. The number of aryl methyl sites for hydroxylation is 1. The maximum absolute atomic E-state index is 11.0. The average molecular weight is 458 g/mol. The van der Waals surface area contributed by atoms with Gasteiger partial charge in [-0.1, -0.05) is 60.2 Å². The minimum Gasteiger partial charge on any atom is -0.493 e. The predicted octanol–water partition coefficient (Wildman–Crippen LogP) is 5.06. The molecule has 1 aliphatic heterocycles. The molecule has 2 aromatic heterocycles. The molecule has 0 amide bonds. The molecule has 1 unspecified atom stereocenters. The third-order valence-electron chi connectivity index (χ3n) is 6.33. The number of rotatable bonds is 6. The van der Waals surface area contributed by atoms with Gasteiger partial charge in [0.15, 0.2) is 0 Å². The molecule has 7 nitrogen and oxygen atoms in total. The predicted molar refractivity (Wildman–Crippen MR) is 136 cm³/mol. The fourth-order valence-electron chi connectivity index (χ4n) is 4.38. The minimum atomic E-state index is -0.109. The second-order valence-corrected chi connectivity index (χ2v) is 9.09. The Hall–Kier alpha value is -3.58. The lowest BCUT2D eigenvalue weighted by Crippen LogP contribution is -2.37. The number of hydrogen-bond donors (Lipinski definition) is 2. The van der Waals surface area contributed by atoms with Crippen LogP contribution in [0, 0.1) is 6.92 Å². The Morgan fingerprint density at radius 2 is 1.62 bits per heavy atom. The smallest absolute Gasteiger partial charge is 0.228 e. The van der Waals surface area contributed by atoms with E-state index in [0.29, 0.717) is 30.5 Å². The SMILES string of the molecule is Cc1ccc(C(Nc2nc(N3CCOCC3)nc3c(O)n(C(C)C)cc23)c2ccccc2)cc1. The average Bonchev–Trinajstić information content (AvgIpc) is 3.21. The Bertz CT molecular complexity index is 1260. The first-order valence-electron chi connectivity index (χ1n) is 11.8. The third-order valence-corrected chi connectivity index (χ3v) is 6.33. The zero-order chi connectivity index (χ0) is 23.7. The number of hydrogen-bond acceptors (Lipinski definition) is 6.